The molecule has 142 valence electrons. The molecule has 2 aliphatic rings. The minimum atomic E-state index is -0.410. The van der Waals surface area contributed by atoms with E-state index in [4.69, 9.17) is 19.9 Å². The number of morpholine rings is 1. The van der Waals surface area contributed by atoms with Gasteiger partial charge in [-0.15, -0.1) is 0 Å². The lowest BCUT2D eigenvalue weighted by molar-refractivity contribution is 0.0226. The van der Waals surface area contributed by atoms with E-state index in [2.05, 4.69) is 11.0 Å². The van der Waals surface area contributed by atoms with Gasteiger partial charge in [0.05, 0.1) is 26.4 Å². The zero-order valence-electron chi connectivity index (χ0n) is 15.6. The van der Waals surface area contributed by atoms with E-state index in [1.807, 2.05) is 13.8 Å². The molecular formula is C19H27N3O4. The molecule has 0 aromatic heterocycles. The molecule has 26 heavy (non-hydrogen) atoms. The Hall–Kier alpha value is -2.01. The summed E-state index contributed by atoms with van der Waals surface area (Å²) in [6.45, 7) is 6.56. The van der Waals surface area contributed by atoms with Crippen molar-refractivity contribution in [3.63, 3.8) is 0 Å². The van der Waals surface area contributed by atoms with Crippen LogP contribution in [0.2, 0.25) is 0 Å². The minimum Gasteiger partial charge on any atom is -0.504 e. The van der Waals surface area contributed by atoms with Crippen LogP contribution in [0, 0.1) is 11.3 Å². The maximum Gasteiger partial charge on any atom is 0.168 e. The Bertz CT molecular complexity index is 708. The van der Waals surface area contributed by atoms with Crippen molar-refractivity contribution in [2.24, 2.45) is 5.73 Å². The normalized spacial score (nSPS) is 21.3. The van der Waals surface area contributed by atoms with Gasteiger partial charge in [-0.1, -0.05) is 0 Å². The molecule has 2 heterocycles. The highest BCUT2D eigenvalue weighted by molar-refractivity contribution is 5.60. The van der Waals surface area contributed by atoms with Gasteiger partial charge >= 0.3 is 0 Å². The molecule has 0 radical (unpaired) electrons. The van der Waals surface area contributed by atoms with Gasteiger partial charge in [0.15, 0.2) is 11.5 Å². The van der Waals surface area contributed by atoms with E-state index in [0.717, 1.165) is 11.1 Å². The molecule has 0 spiro atoms. The van der Waals surface area contributed by atoms with Crippen molar-refractivity contribution in [2.75, 3.05) is 33.4 Å². The maximum atomic E-state index is 10.4. The zero-order chi connectivity index (χ0) is 18.9. The molecule has 2 aliphatic heterocycles. The topological polar surface area (TPSA) is 101 Å². The fourth-order valence-electron chi connectivity index (χ4n) is 3.84. The van der Waals surface area contributed by atoms with E-state index in [0.29, 0.717) is 50.6 Å². The second-order valence-electron chi connectivity index (χ2n) is 7.52. The lowest BCUT2D eigenvalue weighted by Crippen LogP contribution is -2.52. The molecule has 3 rings (SSSR count). The fourth-order valence-corrected chi connectivity index (χ4v) is 3.84. The lowest BCUT2D eigenvalue weighted by Gasteiger charge is -2.33. The van der Waals surface area contributed by atoms with Crippen LogP contribution < -0.4 is 15.2 Å². The predicted molar refractivity (Wildman–Crippen MR) is 96.5 cm³/mol. The van der Waals surface area contributed by atoms with Gasteiger partial charge in [-0.05, 0) is 31.9 Å². The molecule has 0 unspecified atom stereocenters. The summed E-state index contributed by atoms with van der Waals surface area (Å²) in [5, 5.41) is 20.0. The third-order valence-corrected chi connectivity index (χ3v) is 5.00. The van der Waals surface area contributed by atoms with Crippen LogP contribution in [-0.2, 0) is 17.6 Å². The van der Waals surface area contributed by atoms with Crippen molar-refractivity contribution in [3.8, 4) is 23.3 Å². The smallest absolute Gasteiger partial charge is 0.168 e. The molecule has 3 N–H and O–H groups in total. The van der Waals surface area contributed by atoms with Gasteiger partial charge in [-0.2, -0.15) is 5.26 Å². The third-order valence-electron chi connectivity index (χ3n) is 5.00. The highest BCUT2D eigenvalue weighted by Gasteiger charge is 2.36. The molecule has 0 amide bonds. The van der Waals surface area contributed by atoms with Crippen molar-refractivity contribution in [3.05, 3.63) is 17.2 Å². The van der Waals surface area contributed by atoms with Crippen LogP contribution in [0.4, 0.5) is 0 Å². The van der Waals surface area contributed by atoms with Crippen molar-refractivity contribution in [2.45, 2.75) is 44.4 Å². The number of nitrogens with zero attached hydrogens (tertiary/aromatic N) is 2. The highest BCUT2D eigenvalue weighted by atomic mass is 16.5. The molecule has 2 atom stereocenters. The number of rotatable bonds is 5. The van der Waals surface area contributed by atoms with E-state index in [1.165, 1.54) is 0 Å². The summed E-state index contributed by atoms with van der Waals surface area (Å²) in [4.78, 5) is 2.06. The first-order valence-corrected chi connectivity index (χ1v) is 8.94. The second kappa shape index (κ2) is 7.31. The summed E-state index contributed by atoms with van der Waals surface area (Å²) in [6.07, 6.45) is 1.08. The van der Waals surface area contributed by atoms with Crippen molar-refractivity contribution in [1.82, 2.24) is 4.90 Å². The zero-order valence-corrected chi connectivity index (χ0v) is 15.6. The van der Waals surface area contributed by atoms with Crippen LogP contribution in [-0.4, -0.2) is 61.1 Å². The number of fused-ring (bicyclic) bond motifs is 1. The van der Waals surface area contributed by atoms with Gasteiger partial charge < -0.3 is 25.1 Å². The average Bonchev–Trinajstić information content (AvgIpc) is 2.92. The fraction of sp³-hybridized carbons (Fsp3) is 0.632. The highest BCUT2D eigenvalue weighted by Crippen LogP contribution is 2.48. The number of hydrogen-bond donors (Lipinski definition) is 2. The molecule has 1 saturated heterocycles. The molecule has 7 nitrogen and oxygen atoms in total. The molecular weight excluding hydrogens is 334 g/mol. The van der Waals surface area contributed by atoms with Crippen LogP contribution in [0.3, 0.4) is 0 Å². The molecule has 1 aromatic rings. The molecule has 7 heteroatoms. The summed E-state index contributed by atoms with van der Waals surface area (Å²) >= 11 is 0. The first-order chi connectivity index (χ1) is 12.4. The van der Waals surface area contributed by atoms with E-state index < -0.39 is 17.7 Å². The summed E-state index contributed by atoms with van der Waals surface area (Å²) in [7, 11) is 1.61. The Balaban J connectivity index is 1.85. The Morgan fingerprint density at radius 1 is 1.42 bits per heavy atom. The number of methoxy groups -OCH3 is 1. The summed E-state index contributed by atoms with van der Waals surface area (Å²) in [6, 6.07) is 3.16. The number of aromatic hydroxyl groups is 1. The van der Waals surface area contributed by atoms with E-state index >= 15 is 0 Å². The van der Waals surface area contributed by atoms with Crippen LogP contribution in [0.15, 0.2) is 6.07 Å². The van der Waals surface area contributed by atoms with Crippen molar-refractivity contribution >= 4 is 0 Å². The van der Waals surface area contributed by atoms with Gasteiger partial charge in [-0.3, -0.25) is 4.90 Å². The number of hydrogen-bond acceptors (Lipinski definition) is 7. The van der Waals surface area contributed by atoms with Crippen LogP contribution >= 0.6 is 0 Å². The SMILES string of the molecule is COc1c(C[C@H](N)[C@@H](C#N)N2CCOCC2)cc(O)c2c1CC(C)(C)O2. The van der Waals surface area contributed by atoms with Gasteiger partial charge in [-0.25, -0.2) is 0 Å². The monoisotopic (exact) mass is 361 g/mol. The minimum absolute atomic E-state index is 0.0912. The van der Waals surface area contributed by atoms with Gasteiger partial charge in [0.25, 0.3) is 0 Å². The Kier molecular flexibility index (Phi) is 5.28. The number of nitrogens with two attached hydrogens (primary N) is 1. The largest absolute Gasteiger partial charge is 0.504 e. The van der Waals surface area contributed by atoms with Crippen molar-refractivity contribution in [1.29, 1.82) is 5.26 Å². The Labute approximate surface area is 154 Å². The molecule has 1 aromatic carbocycles. The first-order valence-electron chi connectivity index (χ1n) is 8.94. The summed E-state index contributed by atoms with van der Waals surface area (Å²) in [5.41, 5.74) is 7.66. The van der Waals surface area contributed by atoms with E-state index in [1.54, 1.807) is 13.2 Å². The number of benzene rings is 1. The second-order valence-corrected chi connectivity index (χ2v) is 7.52. The summed E-state index contributed by atoms with van der Waals surface area (Å²) in [5.74, 6) is 1.26. The van der Waals surface area contributed by atoms with E-state index in [-0.39, 0.29) is 5.75 Å². The number of phenols is 1. The number of ether oxygens (including phenoxy) is 3. The van der Waals surface area contributed by atoms with Crippen LogP contribution in [0.1, 0.15) is 25.0 Å². The molecule has 0 bridgehead atoms. The standard InChI is InChI=1S/C19H27N3O4/c1-19(2)10-13-17(24-3)12(9-16(23)18(13)26-19)8-14(21)15(11-20)22-4-6-25-7-5-22/h9,14-15,23H,4-8,10,21H2,1-3H3/t14-,15+/m0/s1. The first kappa shape index (κ1) is 18.8. The molecule has 0 saturated carbocycles. The van der Waals surface area contributed by atoms with Gasteiger partial charge in [0.1, 0.15) is 17.4 Å². The van der Waals surface area contributed by atoms with Gasteiger partial charge in [0, 0.05) is 31.1 Å². The quantitative estimate of drug-likeness (QED) is 0.813. The Morgan fingerprint density at radius 2 is 2.12 bits per heavy atom. The predicted octanol–water partition coefficient (Wildman–Crippen LogP) is 1.21. The average molecular weight is 361 g/mol. The summed E-state index contributed by atoms with van der Waals surface area (Å²) < 4.78 is 16.8. The van der Waals surface area contributed by atoms with Crippen LogP contribution in [0.5, 0.6) is 17.2 Å². The maximum absolute atomic E-state index is 10.4. The van der Waals surface area contributed by atoms with Crippen molar-refractivity contribution < 1.29 is 19.3 Å². The molecule has 0 aliphatic carbocycles. The van der Waals surface area contributed by atoms with Gasteiger partial charge in [0.2, 0.25) is 0 Å². The number of nitriles is 1. The Morgan fingerprint density at radius 3 is 2.73 bits per heavy atom. The molecule has 1 fully saturated rings. The van der Waals surface area contributed by atoms with Crippen LogP contribution in [0.25, 0.3) is 0 Å². The van der Waals surface area contributed by atoms with E-state index in [9.17, 15) is 10.4 Å². The lowest BCUT2D eigenvalue weighted by atomic mass is 9.94. The third kappa shape index (κ3) is 3.58. The number of phenolic OH excluding ortho intramolecular Hbond substituents is 1.